The quantitative estimate of drug-likeness (QED) is 0.945. The van der Waals surface area contributed by atoms with Crippen molar-refractivity contribution in [2.24, 2.45) is 0 Å². The van der Waals surface area contributed by atoms with Crippen LogP contribution in [0.25, 0.3) is 0 Å². The van der Waals surface area contributed by atoms with Crippen LogP contribution in [0.3, 0.4) is 0 Å². The molecule has 0 unspecified atom stereocenters. The minimum atomic E-state index is 0.0231. The highest BCUT2D eigenvalue weighted by Crippen LogP contribution is 2.27. The van der Waals surface area contributed by atoms with Gasteiger partial charge in [-0.2, -0.15) is 0 Å². The maximum atomic E-state index is 9.01. The average molecular weight is 311 g/mol. The van der Waals surface area contributed by atoms with Crippen LogP contribution in [0.2, 0.25) is 0 Å². The number of nitrogens with zero attached hydrogens (tertiary/aromatic N) is 2. The molecule has 0 spiro atoms. The SMILES string of the molecule is Cc1cc(CO)cnc1Sc1ccc(Br)cn1. The maximum absolute atomic E-state index is 9.01. The summed E-state index contributed by atoms with van der Waals surface area (Å²) < 4.78 is 0.960. The zero-order chi connectivity index (χ0) is 12.3. The Bertz CT molecular complexity index is 516. The number of hydrogen-bond donors (Lipinski definition) is 1. The number of rotatable bonds is 3. The van der Waals surface area contributed by atoms with Crippen LogP contribution < -0.4 is 0 Å². The molecule has 17 heavy (non-hydrogen) atoms. The molecular weight excluding hydrogens is 300 g/mol. The molecule has 5 heteroatoms. The summed E-state index contributed by atoms with van der Waals surface area (Å²) in [5.41, 5.74) is 1.88. The van der Waals surface area contributed by atoms with Crippen molar-refractivity contribution in [3.8, 4) is 0 Å². The largest absolute Gasteiger partial charge is 0.392 e. The van der Waals surface area contributed by atoms with Gasteiger partial charge in [0.1, 0.15) is 10.1 Å². The number of aliphatic hydroxyl groups is 1. The van der Waals surface area contributed by atoms with Crippen LogP contribution in [0.15, 0.2) is 45.1 Å². The molecule has 0 atom stereocenters. The van der Waals surface area contributed by atoms with Crippen molar-refractivity contribution in [3.05, 3.63) is 46.2 Å². The monoisotopic (exact) mass is 310 g/mol. The second-order valence-electron chi connectivity index (χ2n) is 3.54. The Morgan fingerprint density at radius 3 is 2.71 bits per heavy atom. The molecule has 2 rings (SSSR count). The molecule has 2 aromatic rings. The van der Waals surface area contributed by atoms with Crippen LogP contribution in [0, 0.1) is 6.92 Å². The summed E-state index contributed by atoms with van der Waals surface area (Å²) >= 11 is 4.87. The Kier molecular flexibility index (Phi) is 4.15. The van der Waals surface area contributed by atoms with E-state index in [0.29, 0.717) is 0 Å². The minimum Gasteiger partial charge on any atom is -0.392 e. The lowest BCUT2D eigenvalue weighted by atomic mass is 10.2. The van der Waals surface area contributed by atoms with E-state index in [4.69, 9.17) is 5.11 Å². The number of aryl methyl sites for hydroxylation is 1. The molecule has 0 bridgehead atoms. The molecule has 3 nitrogen and oxygen atoms in total. The summed E-state index contributed by atoms with van der Waals surface area (Å²) in [5.74, 6) is 0. The van der Waals surface area contributed by atoms with Crippen molar-refractivity contribution in [3.63, 3.8) is 0 Å². The van der Waals surface area contributed by atoms with Crippen molar-refractivity contribution in [2.45, 2.75) is 23.6 Å². The van der Waals surface area contributed by atoms with Crippen molar-refractivity contribution in [2.75, 3.05) is 0 Å². The lowest BCUT2D eigenvalue weighted by Crippen LogP contribution is -1.91. The minimum absolute atomic E-state index is 0.0231. The van der Waals surface area contributed by atoms with Crippen molar-refractivity contribution < 1.29 is 5.11 Å². The lowest BCUT2D eigenvalue weighted by molar-refractivity contribution is 0.281. The summed E-state index contributed by atoms with van der Waals surface area (Å²) in [4.78, 5) is 8.60. The molecule has 0 aliphatic rings. The Morgan fingerprint density at radius 2 is 2.12 bits per heavy atom. The first-order valence-electron chi connectivity index (χ1n) is 5.05. The topological polar surface area (TPSA) is 46.0 Å². The van der Waals surface area contributed by atoms with Crippen molar-refractivity contribution >= 4 is 27.7 Å². The Morgan fingerprint density at radius 1 is 1.29 bits per heavy atom. The van der Waals surface area contributed by atoms with Gasteiger partial charge in [-0.15, -0.1) is 0 Å². The molecule has 0 amide bonds. The summed E-state index contributed by atoms with van der Waals surface area (Å²) in [6, 6.07) is 5.83. The number of halogens is 1. The normalized spacial score (nSPS) is 10.5. The van der Waals surface area contributed by atoms with Gasteiger partial charge in [0.05, 0.1) is 6.61 Å². The first kappa shape index (κ1) is 12.5. The fourth-order valence-electron chi connectivity index (χ4n) is 1.34. The molecule has 0 fully saturated rings. The Balaban J connectivity index is 2.21. The summed E-state index contributed by atoms with van der Waals surface area (Å²) in [7, 11) is 0. The van der Waals surface area contributed by atoms with E-state index < -0.39 is 0 Å². The highest BCUT2D eigenvalue weighted by Gasteiger charge is 2.05. The number of pyridine rings is 2. The molecule has 88 valence electrons. The summed E-state index contributed by atoms with van der Waals surface area (Å²) in [6.45, 7) is 2.00. The highest BCUT2D eigenvalue weighted by atomic mass is 79.9. The van der Waals surface area contributed by atoms with E-state index in [1.165, 1.54) is 11.8 Å². The van der Waals surface area contributed by atoms with Crippen LogP contribution in [0.5, 0.6) is 0 Å². The third-order valence-corrected chi connectivity index (χ3v) is 3.71. The third kappa shape index (κ3) is 3.28. The molecule has 0 radical (unpaired) electrons. The van der Waals surface area contributed by atoms with Crippen LogP contribution in [0.1, 0.15) is 11.1 Å². The second-order valence-corrected chi connectivity index (χ2v) is 5.47. The number of hydrogen-bond acceptors (Lipinski definition) is 4. The first-order valence-corrected chi connectivity index (χ1v) is 6.66. The zero-order valence-electron chi connectivity index (χ0n) is 9.22. The molecule has 0 saturated carbocycles. The van der Waals surface area contributed by atoms with E-state index >= 15 is 0 Å². The Hall–Kier alpha value is -0.910. The van der Waals surface area contributed by atoms with Gasteiger partial charge in [0.2, 0.25) is 0 Å². The van der Waals surface area contributed by atoms with Gasteiger partial charge < -0.3 is 5.11 Å². The zero-order valence-corrected chi connectivity index (χ0v) is 11.6. The van der Waals surface area contributed by atoms with Crippen LogP contribution in [-0.2, 0) is 6.61 Å². The molecular formula is C12H11BrN2OS. The third-order valence-electron chi connectivity index (χ3n) is 2.17. The molecule has 2 heterocycles. The van der Waals surface area contributed by atoms with Gasteiger partial charge >= 0.3 is 0 Å². The van der Waals surface area contributed by atoms with E-state index in [1.807, 2.05) is 25.1 Å². The van der Waals surface area contributed by atoms with Crippen LogP contribution in [-0.4, -0.2) is 15.1 Å². The van der Waals surface area contributed by atoms with E-state index in [2.05, 4.69) is 25.9 Å². The van der Waals surface area contributed by atoms with Crippen LogP contribution in [0.4, 0.5) is 0 Å². The lowest BCUT2D eigenvalue weighted by Gasteiger charge is -2.05. The predicted octanol–water partition coefficient (Wildman–Crippen LogP) is 3.19. The smallest absolute Gasteiger partial charge is 0.105 e. The van der Waals surface area contributed by atoms with Gasteiger partial charge in [0.15, 0.2) is 0 Å². The van der Waals surface area contributed by atoms with E-state index in [-0.39, 0.29) is 6.61 Å². The molecule has 0 aliphatic carbocycles. The fraction of sp³-hybridized carbons (Fsp3) is 0.167. The fourth-order valence-corrected chi connectivity index (χ4v) is 2.33. The number of aromatic nitrogens is 2. The van der Waals surface area contributed by atoms with Gasteiger partial charge in [-0.1, -0.05) is 0 Å². The molecule has 2 aromatic heterocycles. The molecule has 1 N–H and O–H groups in total. The van der Waals surface area contributed by atoms with Gasteiger partial charge in [0, 0.05) is 16.9 Å². The van der Waals surface area contributed by atoms with Gasteiger partial charge in [-0.05, 0) is 63.9 Å². The van der Waals surface area contributed by atoms with Crippen molar-refractivity contribution in [1.29, 1.82) is 0 Å². The predicted molar refractivity (Wildman–Crippen MR) is 71.0 cm³/mol. The molecule has 0 saturated heterocycles. The molecule has 0 aromatic carbocycles. The van der Waals surface area contributed by atoms with Gasteiger partial charge in [-0.25, -0.2) is 9.97 Å². The number of aliphatic hydroxyl groups excluding tert-OH is 1. The average Bonchev–Trinajstić information content (AvgIpc) is 2.34. The van der Waals surface area contributed by atoms with E-state index in [0.717, 1.165) is 25.7 Å². The van der Waals surface area contributed by atoms with E-state index in [1.54, 1.807) is 12.4 Å². The standard InChI is InChI=1S/C12H11BrN2OS/c1-8-4-9(7-16)5-15-12(8)17-11-3-2-10(13)6-14-11/h2-6,16H,7H2,1H3. The first-order chi connectivity index (χ1) is 8.19. The van der Waals surface area contributed by atoms with Gasteiger partial charge in [0.25, 0.3) is 0 Å². The Labute approximate surface area is 112 Å². The molecule has 0 aliphatic heterocycles. The summed E-state index contributed by atoms with van der Waals surface area (Å²) in [5, 5.41) is 10.8. The van der Waals surface area contributed by atoms with Crippen LogP contribution >= 0.6 is 27.7 Å². The van der Waals surface area contributed by atoms with Crippen molar-refractivity contribution in [1.82, 2.24) is 9.97 Å². The maximum Gasteiger partial charge on any atom is 0.105 e. The second kappa shape index (κ2) is 5.62. The van der Waals surface area contributed by atoms with Gasteiger partial charge in [-0.3, -0.25) is 0 Å². The van der Waals surface area contributed by atoms with E-state index in [9.17, 15) is 0 Å². The summed E-state index contributed by atoms with van der Waals surface area (Å²) in [6.07, 6.45) is 3.45. The highest BCUT2D eigenvalue weighted by molar-refractivity contribution is 9.10.